The lowest BCUT2D eigenvalue weighted by molar-refractivity contribution is 0.575. The highest BCUT2D eigenvalue weighted by Gasteiger charge is 2.21. The maximum atomic E-state index is 12.1. The van der Waals surface area contributed by atoms with E-state index in [1.165, 1.54) is 12.1 Å². The Morgan fingerprint density at radius 3 is 2.10 bits per heavy atom. The lowest BCUT2D eigenvalue weighted by Gasteiger charge is -2.10. The zero-order chi connectivity index (χ0) is 14.5. The van der Waals surface area contributed by atoms with E-state index in [2.05, 4.69) is 10.0 Å². The first-order chi connectivity index (χ1) is 8.88. The van der Waals surface area contributed by atoms with Crippen LogP contribution in [-0.2, 0) is 10.0 Å². The number of nitrogens with one attached hydrogen (secondary N) is 2. The molecule has 0 amide bonds. The van der Waals surface area contributed by atoms with Crippen LogP contribution in [0.1, 0.15) is 13.3 Å². The molecule has 1 rings (SSSR count). The van der Waals surface area contributed by atoms with E-state index in [-0.39, 0.29) is 33.9 Å². The standard InChI is InChI=1S/C11H15Cl3N2O2S.ClH/c1-2-3-15-4-5-16-19(17,18)11-9(13)6-8(12)7-10(11)14;/h6-7,15-16H,2-5H2,1H3;1H. The predicted molar refractivity (Wildman–Crippen MR) is 87.1 cm³/mol. The number of hydrogen-bond acceptors (Lipinski definition) is 3. The van der Waals surface area contributed by atoms with E-state index in [4.69, 9.17) is 34.8 Å². The quantitative estimate of drug-likeness (QED) is 0.712. The highest BCUT2D eigenvalue weighted by atomic mass is 35.5. The van der Waals surface area contributed by atoms with Crippen LogP contribution < -0.4 is 10.0 Å². The molecule has 1 aromatic rings. The summed E-state index contributed by atoms with van der Waals surface area (Å²) in [6.45, 7) is 3.67. The second-order valence-corrected chi connectivity index (χ2v) is 6.80. The summed E-state index contributed by atoms with van der Waals surface area (Å²) >= 11 is 17.5. The van der Waals surface area contributed by atoms with Crippen molar-refractivity contribution in [1.82, 2.24) is 10.0 Å². The van der Waals surface area contributed by atoms with E-state index in [0.29, 0.717) is 11.6 Å². The van der Waals surface area contributed by atoms with Gasteiger partial charge >= 0.3 is 0 Å². The number of sulfonamides is 1. The van der Waals surface area contributed by atoms with Gasteiger partial charge in [0.1, 0.15) is 4.90 Å². The van der Waals surface area contributed by atoms with Crippen molar-refractivity contribution < 1.29 is 8.42 Å². The fourth-order valence-electron chi connectivity index (χ4n) is 1.43. The first kappa shape index (κ1) is 20.2. The molecule has 1 aromatic carbocycles. The van der Waals surface area contributed by atoms with Gasteiger partial charge < -0.3 is 5.32 Å². The van der Waals surface area contributed by atoms with Crippen LogP contribution in [0.4, 0.5) is 0 Å². The van der Waals surface area contributed by atoms with Crippen LogP contribution in [-0.4, -0.2) is 28.1 Å². The van der Waals surface area contributed by atoms with Gasteiger partial charge in [-0.05, 0) is 25.1 Å². The van der Waals surface area contributed by atoms with Gasteiger partial charge in [0.25, 0.3) is 0 Å². The molecule has 0 aliphatic rings. The van der Waals surface area contributed by atoms with Crippen LogP contribution in [0.3, 0.4) is 0 Å². The van der Waals surface area contributed by atoms with Crippen molar-refractivity contribution >= 4 is 57.2 Å². The van der Waals surface area contributed by atoms with Crippen LogP contribution in [0, 0.1) is 0 Å². The maximum absolute atomic E-state index is 12.1. The van der Waals surface area contributed by atoms with E-state index in [0.717, 1.165) is 13.0 Å². The van der Waals surface area contributed by atoms with E-state index in [1.54, 1.807) is 0 Å². The number of halogens is 4. The molecule has 0 saturated carbocycles. The Morgan fingerprint density at radius 2 is 1.60 bits per heavy atom. The van der Waals surface area contributed by atoms with Gasteiger partial charge in [0.15, 0.2) is 0 Å². The molecule has 0 radical (unpaired) electrons. The molecule has 0 bridgehead atoms. The largest absolute Gasteiger partial charge is 0.315 e. The third-order valence-corrected chi connectivity index (χ3v) is 4.85. The van der Waals surface area contributed by atoms with Gasteiger partial charge in [-0.2, -0.15) is 0 Å². The van der Waals surface area contributed by atoms with Crippen LogP contribution in [0.15, 0.2) is 17.0 Å². The lowest BCUT2D eigenvalue weighted by Crippen LogP contribution is -2.32. The van der Waals surface area contributed by atoms with Crippen LogP contribution in [0.5, 0.6) is 0 Å². The Morgan fingerprint density at radius 1 is 1.05 bits per heavy atom. The zero-order valence-electron chi connectivity index (χ0n) is 10.8. The summed E-state index contributed by atoms with van der Waals surface area (Å²) in [6.07, 6.45) is 0.988. The van der Waals surface area contributed by atoms with E-state index in [9.17, 15) is 8.42 Å². The van der Waals surface area contributed by atoms with Crippen LogP contribution >= 0.6 is 47.2 Å². The molecule has 0 fully saturated rings. The van der Waals surface area contributed by atoms with Crippen LogP contribution in [0.2, 0.25) is 15.1 Å². The Labute approximate surface area is 140 Å². The van der Waals surface area contributed by atoms with Gasteiger partial charge in [0, 0.05) is 18.1 Å². The lowest BCUT2D eigenvalue weighted by atomic mass is 10.4. The number of benzene rings is 1. The SMILES string of the molecule is CCCNCCNS(=O)(=O)c1c(Cl)cc(Cl)cc1Cl.Cl. The summed E-state index contributed by atoms with van der Waals surface area (Å²) in [7, 11) is -3.74. The normalized spacial score (nSPS) is 11.2. The summed E-state index contributed by atoms with van der Waals surface area (Å²) in [6, 6.07) is 2.69. The van der Waals surface area contributed by atoms with Gasteiger partial charge in [0.2, 0.25) is 10.0 Å². The fraction of sp³-hybridized carbons (Fsp3) is 0.455. The van der Waals surface area contributed by atoms with Crippen LogP contribution in [0.25, 0.3) is 0 Å². The number of hydrogen-bond donors (Lipinski definition) is 2. The Hall–Kier alpha value is 0.250. The molecule has 0 atom stereocenters. The first-order valence-electron chi connectivity index (χ1n) is 5.73. The monoisotopic (exact) mass is 380 g/mol. The van der Waals surface area contributed by atoms with Gasteiger partial charge in [-0.25, -0.2) is 13.1 Å². The molecule has 4 nitrogen and oxygen atoms in total. The second kappa shape index (κ2) is 9.30. The fourth-order valence-corrected chi connectivity index (χ4v) is 4.01. The summed E-state index contributed by atoms with van der Waals surface area (Å²) in [5, 5.41) is 3.39. The molecular formula is C11H16Cl4N2O2S. The minimum absolute atomic E-state index is 0. The van der Waals surface area contributed by atoms with Crippen molar-refractivity contribution in [3.05, 3.63) is 27.2 Å². The van der Waals surface area contributed by atoms with Crippen molar-refractivity contribution in [2.75, 3.05) is 19.6 Å². The van der Waals surface area contributed by atoms with Crippen molar-refractivity contribution in [2.24, 2.45) is 0 Å². The first-order valence-corrected chi connectivity index (χ1v) is 8.35. The Balaban J connectivity index is 0.00000361. The molecule has 0 saturated heterocycles. The van der Waals surface area contributed by atoms with E-state index >= 15 is 0 Å². The highest BCUT2D eigenvalue weighted by Crippen LogP contribution is 2.32. The smallest absolute Gasteiger partial charge is 0.243 e. The highest BCUT2D eigenvalue weighted by molar-refractivity contribution is 7.89. The molecule has 0 spiro atoms. The van der Waals surface area contributed by atoms with Gasteiger partial charge in [-0.15, -0.1) is 12.4 Å². The topological polar surface area (TPSA) is 58.2 Å². The summed E-state index contributed by atoms with van der Waals surface area (Å²) < 4.78 is 26.6. The number of rotatable bonds is 7. The molecule has 0 aromatic heterocycles. The van der Waals surface area contributed by atoms with Gasteiger partial charge in [0.05, 0.1) is 10.0 Å². The molecule has 2 N–H and O–H groups in total. The van der Waals surface area contributed by atoms with Crippen molar-refractivity contribution in [1.29, 1.82) is 0 Å². The predicted octanol–water partition coefficient (Wildman–Crippen LogP) is 3.35. The van der Waals surface area contributed by atoms with Gasteiger partial charge in [-0.1, -0.05) is 41.7 Å². The molecule has 0 aliphatic heterocycles. The average Bonchev–Trinajstić information content (AvgIpc) is 2.26. The molecule has 0 unspecified atom stereocenters. The van der Waals surface area contributed by atoms with E-state index < -0.39 is 10.0 Å². The Kier molecular flexibility index (Phi) is 9.42. The Bertz CT molecular complexity index is 514. The third kappa shape index (κ3) is 5.93. The molecule has 0 aliphatic carbocycles. The summed E-state index contributed by atoms with van der Waals surface area (Å²) in [5.41, 5.74) is 0. The van der Waals surface area contributed by atoms with E-state index in [1.807, 2.05) is 6.92 Å². The minimum atomic E-state index is -3.74. The molecule has 9 heteroatoms. The molecular weight excluding hydrogens is 366 g/mol. The van der Waals surface area contributed by atoms with Crippen molar-refractivity contribution in [3.8, 4) is 0 Å². The van der Waals surface area contributed by atoms with Crippen molar-refractivity contribution in [2.45, 2.75) is 18.2 Å². The van der Waals surface area contributed by atoms with Crippen molar-refractivity contribution in [3.63, 3.8) is 0 Å². The average molecular weight is 382 g/mol. The zero-order valence-corrected chi connectivity index (χ0v) is 14.7. The molecule has 20 heavy (non-hydrogen) atoms. The summed E-state index contributed by atoms with van der Waals surface area (Å²) in [4.78, 5) is -0.143. The van der Waals surface area contributed by atoms with Gasteiger partial charge in [-0.3, -0.25) is 0 Å². The second-order valence-electron chi connectivity index (χ2n) is 3.85. The molecule has 116 valence electrons. The maximum Gasteiger partial charge on any atom is 0.243 e. The summed E-state index contributed by atoms with van der Waals surface area (Å²) in [5.74, 6) is 0. The minimum Gasteiger partial charge on any atom is -0.315 e. The molecule has 0 heterocycles. The third-order valence-electron chi connectivity index (χ3n) is 2.25.